The lowest BCUT2D eigenvalue weighted by molar-refractivity contribution is -0.146. The average molecular weight is 199 g/mol. The van der Waals surface area contributed by atoms with Crippen molar-refractivity contribution in [1.82, 2.24) is 4.90 Å². The van der Waals surface area contributed by atoms with Gasteiger partial charge in [0, 0.05) is 12.1 Å². The molecule has 0 bridgehead atoms. The predicted molar refractivity (Wildman–Crippen MR) is 56.1 cm³/mol. The zero-order valence-electron chi connectivity index (χ0n) is 9.45. The van der Waals surface area contributed by atoms with E-state index in [-0.39, 0.29) is 5.97 Å². The number of carbonyl (C=O) groups excluding carboxylic acids is 1. The van der Waals surface area contributed by atoms with E-state index in [1.165, 1.54) is 19.3 Å². The van der Waals surface area contributed by atoms with Crippen molar-refractivity contribution in [2.45, 2.75) is 52.1 Å². The summed E-state index contributed by atoms with van der Waals surface area (Å²) in [6.45, 7) is 7.16. The molecule has 0 radical (unpaired) electrons. The van der Waals surface area contributed by atoms with E-state index >= 15 is 0 Å². The first-order valence-electron chi connectivity index (χ1n) is 5.56. The zero-order valence-corrected chi connectivity index (χ0v) is 9.45. The molecule has 82 valence electrons. The van der Waals surface area contributed by atoms with Gasteiger partial charge in [-0.15, -0.1) is 0 Å². The van der Waals surface area contributed by atoms with Crippen molar-refractivity contribution in [2.24, 2.45) is 0 Å². The summed E-state index contributed by atoms with van der Waals surface area (Å²) in [6, 6.07) is 1.03. The van der Waals surface area contributed by atoms with Crippen LogP contribution in [0.25, 0.3) is 0 Å². The molecule has 14 heavy (non-hydrogen) atoms. The number of rotatable bonds is 3. The Balaban J connectivity index is 2.43. The molecule has 0 aromatic rings. The number of likely N-dealkylation sites (tertiary alicyclic amines) is 1. The summed E-state index contributed by atoms with van der Waals surface area (Å²) in [4.78, 5) is 13.6. The lowest BCUT2D eigenvalue weighted by atomic mass is 9.98. The van der Waals surface area contributed by atoms with Crippen molar-refractivity contribution < 1.29 is 9.53 Å². The maximum Gasteiger partial charge on any atom is 0.320 e. The molecular formula is C11H21NO2. The maximum absolute atomic E-state index is 11.3. The van der Waals surface area contributed by atoms with Gasteiger partial charge in [0.15, 0.2) is 0 Å². The van der Waals surface area contributed by atoms with E-state index in [9.17, 15) is 4.79 Å². The van der Waals surface area contributed by atoms with E-state index in [0.29, 0.717) is 25.2 Å². The SMILES string of the molecule is CCOC(=O)CN1C(C)CCCC1C. The Kier molecular flexibility index (Phi) is 4.39. The summed E-state index contributed by atoms with van der Waals surface area (Å²) in [6.07, 6.45) is 3.68. The molecule has 2 unspecified atom stereocenters. The van der Waals surface area contributed by atoms with Crippen LogP contribution in [0.3, 0.4) is 0 Å². The van der Waals surface area contributed by atoms with Gasteiger partial charge in [-0.25, -0.2) is 0 Å². The smallest absolute Gasteiger partial charge is 0.320 e. The first-order valence-corrected chi connectivity index (χ1v) is 5.56. The monoisotopic (exact) mass is 199 g/mol. The van der Waals surface area contributed by atoms with Gasteiger partial charge in [0.2, 0.25) is 0 Å². The minimum Gasteiger partial charge on any atom is -0.465 e. The van der Waals surface area contributed by atoms with E-state index in [0.717, 1.165) is 0 Å². The van der Waals surface area contributed by atoms with Gasteiger partial charge in [0.25, 0.3) is 0 Å². The zero-order chi connectivity index (χ0) is 10.6. The Hall–Kier alpha value is -0.570. The van der Waals surface area contributed by atoms with Gasteiger partial charge < -0.3 is 4.74 Å². The largest absolute Gasteiger partial charge is 0.465 e. The third kappa shape index (κ3) is 2.98. The second-order valence-electron chi connectivity index (χ2n) is 4.11. The normalized spacial score (nSPS) is 28.8. The summed E-state index contributed by atoms with van der Waals surface area (Å²) < 4.78 is 4.96. The molecule has 1 saturated heterocycles. The second kappa shape index (κ2) is 5.35. The molecule has 3 nitrogen and oxygen atoms in total. The van der Waals surface area contributed by atoms with Crippen LogP contribution < -0.4 is 0 Å². The third-order valence-electron chi connectivity index (χ3n) is 2.99. The maximum atomic E-state index is 11.3. The van der Waals surface area contributed by atoms with Crippen molar-refractivity contribution in [3.8, 4) is 0 Å². The Morgan fingerprint density at radius 1 is 1.36 bits per heavy atom. The molecule has 1 aliphatic rings. The number of piperidine rings is 1. The van der Waals surface area contributed by atoms with Crippen LogP contribution in [0.5, 0.6) is 0 Å². The van der Waals surface area contributed by atoms with Crippen LogP contribution in [0.2, 0.25) is 0 Å². The number of ether oxygens (including phenoxy) is 1. The molecule has 1 fully saturated rings. The lowest BCUT2D eigenvalue weighted by Crippen LogP contribution is -2.46. The molecule has 0 aromatic carbocycles. The highest BCUT2D eigenvalue weighted by Crippen LogP contribution is 2.21. The molecule has 1 heterocycles. The molecule has 0 aliphatic carbocycles. The first-order chi connectivity index (χ1) is 6.65. The highest BCUT2D eigenvalue weighted by atomic mass is 16.5. The third-order valence-corrected chi connectivity index (χ3v) is 2.99. The first kappa shape index (κ1) is 11.5. The molecular weight excluding hydrogens is 178 g/mol. The highest BCUT2D eigenvalue weighted by molar-refractivity contribution is 5.71. The van der Waals surface area contributed by atoms with Gasteiger partial charge >= 0.3 is 5.97 Å². The Bertz CT molecular complexity index is 184. The van der Waals surface area contributed by atoms with Crippen molar-refractivity contribution in [3.63, 3.8) is 0 Å². The summed E-state index contributed by atoms with van der Waals surface area (Å²) in [5.41, 5.74) is 0. The predicted octanol–water partition coefficient (Wildman–Crippen LogP) is 1.81. The summed E-state index contributed by atoms with van der Waals surface area (Å²) >= 11 is 0. The van der Waals surface area contributed by atoms with Crippen LogP contribution in [0.1, 0.15) is 40.0 Å². The molecule has 0 amide bonds. The number of carbonyl (C=O) groups is 1. The van der Waals surface area contributed by atoms with Gasteiger partial charge in [-0.05, 0) is 33.6 Å². The molecule has 0 aromatic heterocycles. The lowest BCUT2D eigenvalue weighted by Gasteiger charge is -2.38. The van der Waals surface area contributed by atoms with Crippen molar-refractivity contribution >= 4 is 5.97 Å². The van der Waals surface area contributed by atoms with Crippen LogP contribution in [-0.2, 0) is 9.53 Å². The van der Waals surface area contributed by atoms with E-state index < -0.39 is 0 Å². The molecule has 1 aliphatic heterocycles. The molecule has 3 heteroatoms. The van der Waals surface area contributed by atoms with E-state index in [1.54, 1.807) is 0 Å². The van der Waals surface area contributed by atoms with Crippen LogP contribution in [-0.4, -0.2) is 36.1 Å². The Morgan fingerprint density at radius 2 is 1.93 bits per heavy atom. The summed E-state index contributed by atoms with van der Waals surface area (Å²) in [7, 11) is 0. The number of esters is 1. The molecule has 0 spiro atoms. The second-order valence-corrected chi connectivity index (χ2v) is 4.11. The minimum atomic E-state index is -0.0897. The molecule has 2 atom stereocenters. The minimum absolute atomic E-state index is 0.0897. The molecule has 0 saturated carbocycles. The fourth-order valence-electron chi connectivity index (χ4n) is 2.14. The fourth-order valence-corrected chi connectivity index (χ4v) is 2.14. The van der Waals surface area contributed by atoms with Crippen LogP contribution in [0.4, 0.5) is 0 Å². The fraction of sp³-hybridized carbons (Fsp3) is 0.909. The number of hydrogen-bond acceptors (Lipinski definition) is 3. The summed E-state index contributed by atoms with van der Waals surface area (Å²) in [5.74, 6) is -0.0897. The van der Waals surface area contributed by atoms with Gasteiger partial charge in [0.05, 0.1) is 13.2 Å². The molecule has 0 N–H and O–H groups in total. The Labute approximate surface area is 86.4 Å². The number of hydrogen-bond donors (Lipinski definition) is 0. The standard InChI is InChI=1S/C11H21NO2/c1-4-14-11(13)8-12-9(2)6-5-7-10(12)3/h9-10H,4-8H2,1-3H3. The van der Waals surface area contributed by atoms with Crippen LogP contribution >= 0.6 is 0 Å². The van der Waals surface area contributed by atoms with Gasteiger partial charge in [-0.1, -0.05) is 6.42 Å². The van der Waals surface area contributed by atoms with E-state index in [2.05, 4.69) is 18.7 Å². The van der Waals surface area contributed by atoms with E-state index in [4.69, 9.17) is 4.74 Å². The average Bonchev–Trinajstić information content (AvgIpc) is 2.12. The Morgan fingerprint density at radius 3 is 2.43 bits per heavy atom. The van der Waals surface area contributed by atoms with Crippen LogP contribution in [0.15, 0.2) is 0 Å². The van der Waals surface area contributed by atoms with Crippen molar-refractivity contribution in [2.75, 3.05) is 13.2 Å². The van der Waals surface area contributed by atoms with Gasteiger partial charge in [-0.2, -0.15) is 0 Å². The highest BCUT2D eigenvalue weighted by Gasteiger charge is 2.26. The van der Waals surface area contributed by atoms with Crippen molar-refractivity contribution in [3.05, 3.63) is 0 Å². The topological polar surface area (TPSA) is 29.5 Å². The van der Waals surface area contributed by atoms with Crippen molar-refractivity contribution in [1.29, 1.82) is 0 Å². The summed E-state index contributed by atoms with van der Waals surface area (Å²) in [5, 5.41) is 0. The molecule has 1 rings (SSSR count). The van der Waals surface area contributed by atoms with E-state index in [1.807, 2.05) is 6.92 Å². The quantitative estimate of drug-likeness (QED) is 0.649. The number of nitrogens with zero attached hydrogens (tertiary/aromatic N) is 1. The van der Waals surface area contributed by atoms with Gasteiger partial charge in [0.1, 0.15) is 0 Å². The van der Waals surface area contributed by atoms with Gasteiger partial charge in [-0.3, -0.25) is 9.69 Å². The van der Waals surface area contributed by atoms with Crippen LogP contribution in [0, 0.1) is 0 Å².